The predicted octanol–water partition coefficient (Wildman–Crippen LogP) is -2.25. The monoisotopic (exact) mass is 602 g/mol. The fourth-order valence-electron chi connectivity index (χ4n) is 4.64. The number of amides is 2. The number of hydrogen-bond donors (Lipinski definition) is 7. The van der Waals surface area contributed by atoms with E-state index in [-0.39, 0.29) is 0 Å². The Hall–Kier alpha value is -2.68. The Morgan fingerprint density at radius 2 is 1.59 bits per heavy atom. The van der Waals surface area contributed by atoms with Gasteiger partial charge in [-0.25, -0.2) is 8.78 Å². The maximum absolute atomic E-state index is 14.7. The van der Waals surface area contributed by atoms with E-state index in [1.807, 2.05) is 10.6 Å². The van der Waals surface area contributed by atoms with E-state index in [0.717, 1.165) is 21.1 Å². The molecule has 1 aromatic carbocycles. The summed E-state index contributed by atoms with van der Waals surface area (Å²) in [4.78, 5) is 25.2. The molecule has 2 aliphatic rings. The number of methoxy groups -OCH3 is 2. The molecule has 2 saturated heterocycles. The van der Waals surface area contributed by atoms with Crippen LogP contribution in [0.5, 0.6) is 5.75 Å². The zero-order chi connectivity index (χ0) is 30.8. The number of rotatable bonds is 9. The van der Waals surface area contributed by atoms with Gasteiger partial charge < -0.3 is 59.9 Å². The molecular formula is C23H30F4N2O12. The molecule has 0 unspecified atom stereocenters. The molecule has 0 aromatic heterocycles. The predicted molar refractivity (Wildman–Crippen MR) is 123 cm³/mol. The molecule has 2 heterocycles. The highest BCUT2D eigenvalue weighted by molar-refractivity contribution is 5.95. The molecule has 3 rings (SSSR count). The van der Waals surface area contributed by atoms with Crippen LogP contribution in [0, 0.1) is 23.3 Å². The van der Waals surface area contributed by atoms with Crippen LogP contribution in [0.1, 0.15) is 23.7 Å². The highest BCUT2D eigenvalue weighted by Gasteiger charge is 2.59. The molecule has 0 spiro atoms. The van der Waals surface area contributed by atoms with Crippen molar-refractivity contribution in [3.8, 4) is 5.75 Å². The molecule has 2 aliphatic heterocycles. The minimum absolute atomic E-state index is 0.461. The summed E-state index contributed by atoms with van der Waals surface area (Å²) in [6.07, 6.45) is -11.7. The van der Waals surface area contributed by atoms with Crippen molar-refractivity contribution in [3.05, 3.63) is 28.8 Å². The van der Waals surface area contributed by atoms with Crippen molar-refractivity contribution in [1.82, 2.24) is 10.6 Å². The summed E-state index contributed by atoms with van der Waals surface area (Å²) >= 11 is 0. The van der Waals surface area contributed by atoms with E-state index in [0.29, 0.717) is 0 Å². The first-order chi connectivity index (χ1) is 19.2. The van der Waals surface area contributed by atoms with Crippen molar-refractivity contribution in [2.75, 3.05) is 27.4 Å². The minimum atomic E-state index is -2.84. The van der Waals surface area contributed by atoms with Gasteiger partial charge in [-0.05, 0) is 0 Å². The average Bonchev–Trinajstić information content (AvgIpc) is 2.91. The third-order valence-corrected chi connectivity index (χ3v) is 6.56. The van der Waals surface area contributed by atoms with Crippen LogP contribution in [-0.2, 0) is 23.7 Å². The van der Waals surface area contributed by atoms with Gasteiger partial charge in [0.15, 0.2) is 23.7 Å². The second-order valence-electron chi connectivity index (χ2n) is 9.23. The van der Waals surface area contributed by atoms with E-state index in [4.69, 9.17) is 18.9 Å². The lowest BCUT2D eigenvalue weighted by atomic mass is 9.89. The van der Waals surface area contributed by atoms with E-state index in [9.17, 15) is 52.7 Å². The molecule has 41 heavy (non-hydrogen) atoms. The molecule has 7 N–H and O–H groups in total. The number of halogens is 4. The largest absolute Gasteiger partial charge is 0.491 e. The first kappa shape index (κ1) is 32.8. The van der Waals surface area contributed by atoms with Crippen LogP contribution in [0.25, 0.3) is 0 Å². The van der Waals surface area contributed by atoms with Crippen molar-refractivity contribution in [3.63, 3.8) is 0 Å². The number of hydrogen-bond acceptors (Lipinski definition) is 12. The lowest BCUT2D eigenvalue weighted by molar-refractivity contribution is -0.349. The van der Waals surface area contributed by atoms with E-state index >= 15 is 0 Å². The van der Waals surface area contributed by atoms with Crippen molar-refractivity contribution in [2.24, 2.45) is 0 Å². The molecule has 18 heteroatoms. The van der Waals surface area contributed by atoms with Gasteiger partial charge in [0, 0.05) is 20.5 Å². The molecule has 0 aliphatic carbocycles. The summed E-state index contributed by atoms with van der Waals surface area (Å²) in [7, 11) is 1.72. The van der Waals surface area contributed by atoms with Crippen LogP contribution < -0.4 is 15.4 Å². The zero-order valence-electron chi connectivity index (χ0n) is 21.8. The fourth-order valence-corrected chi connectivity index (χ4v) is 4.64. The molecule has 14 nitrogen and oxygen atoms in total. The summed E-state index contributed by atoms with van der Waals surface area (Å²) in [5, 5.41) is 55.1. The maximum Gasteiger partial charge on any atom is 0.257 e. The lowest BCUT2D eigenvalue weighted by Crippen LogP contribution is -2.78. The molecule has 232 valence electrons. The van der Waals surface area contributed by atoms with Crippen LogP contribution in [0.4, 0.5) is 17.6 Å². The minimum Gasteiger partial charge on any atom is -0.491 e. The number of ether oxygens (including phenoxy) is 5. The summed E-state index contributed by atoms with van der Waals surface area (Å²) in [6, 6.07) is -2.08. The Morgan fingerprint density at radius 1 is 1.00 bits per heavy atom. The molecule has 0 bridgehead atoms. The molecule has 9 atom stereocenters. The third-order valence-electron chi connectivity index (χ3n) is 6.56. The smallest absolute Gasteiger partial charge is 0.257 e. The third kappa shape index (κ3) is 6.25. The number of aliphatic hydroxyl groups excluding tert-OH is 4. The van der Waals surface area contributed by atoms with Crippen LogP contribution in [-0.4, -0.2) is 120 Å². The molecule has 1 aromatic rings. The normalized spacial score (nSPS) is 33.8. The van der Waals surface area contributed by atoms with Gasteiger partial charge in [-0.15, -0.1) is 0 Å². The van der Waals surface area contributed by atoms with Gasteiger partial charge in [-0.3, -0.25) is 9.59 Å². The van der Waals surface area contributed by atoms with Gasteiger partial charge >= 0.3 is 0 Å². The van der Waals surface area contributed by atoms with Crippen molar-refractivity contribution < 1.29 is 76.4 Å². The van der Waals surface area contributed by atoms with Crippen LogP contribution in [0.2, 0.25) is 0 Å². The van der Waals surface area contributed by atoms with E-state index in [1.54, 1.807) is 0 Å². The van der Waals surface area contributed by atoms with E-state index in [1.165, 1.54) is 0 Å². The van der Waals surface area contributed by atoms with E-state index in [2.05, 4.69) is 4.74 Å². The van der Waals surface area contributed by atoms with Crippen LogP contribution >= 0.6 is 0 Å². The Bertz CT molecular complexity index is 1100. The van der Waals surface area contributed by atoms with E-state index < -0.39 is 121 Å². The summed E-state index contributed by atoms with van der Waals surface area (Å²) in [5.41, 5.74) is -4.62. The second kappa shape index (κ2) is 13.1. The SMILES string of the molecule is COc1c(F)c(F)c(C(=O)N[C@H]2[C@@H](O[C@H]3C[C@@H](O)[C@H](O)[C@@H](CO)O3)[C@@H](CO)O[C@@H](OC)[C@@]2(O)NC(C)=O)c(F)c1F. The number of aliphatic hydroxyl groups is 5. The van der Waals surface area contributed by atoms with Gasteiger partial charge in [-0.1, -0.05) is 0 Å². The highest BCUT2D eigenvalue weighted by Crippen LogP contribution is 2.35. The highest BCUT2D eigenvalue weighted by atomic mass is 19.2. The number of nitrogens with one attached hydrogen (secondary N) is 2. The van der Waals surface area contributed by atoms with Crippen LogP contribution in [0.15, 0.2) is 0 Å². The lowest BCUT2D eigenvalue weighted by Gasteiger charge is -2.51. The molecular weight excluding hydrogens is 572 g/mol. The molecule has 2 amide bonds. The van der Waals surface area contributed by atoms with Crippen molar-refractivity contribution >= 4 is 11.8 Å². The summed E-state index contributed by atoms with van der Waals surface area (Å²) < 4.78 is 84.1. The average molecular weight is 602 g/mol. The quantitative estimate of drug-likeness (QED) is 0.0910. The molecule has 0 saturated carbocycles. The van der Waals surface area contributed by atoms with Crippen LogP contribution in [0.3, 0.4) is 0 Å². The number of carbonyl (C=O) groups is 2. The second-order valence-corrected chi connectivity index (χ2v) is 9.23. The zero-order valence-corrected chi connectivity index (χ0v) is 21.8. The molecule has 0 radical (unpaired) electrons. The van der Waals surface area contributed by atoms with Crippen molar-refractivity contribution in [1.29, 1.82) is 0 Å². The van der Waals surface area contributed by atoms with Gasteiger partial charge in [0.25, 0.3) is 5.91 Å². The molecule has 2 fully saturated rings. The Balaban J connectivity index is 2.10. The first-order valence-electron chi connectivity index (χ1n) is 12.0. The fraction of sp³-hybridized carbons (Fsp3) is 0.652. The topological polar surface area (TPSA) is 205 Å². The first-order valence-corrected chi connectivity index (χ1v) is 12.0. The van der Waals surface area contributed by atoms with Gasteiger partial charge in [0.05, 0.1) is 26.4 Å². The maximum atomic E-state index is 14.7. The van der Waals surface area contributed by atoms with Gasteiger partial charge in [0.2, 0.25) is 29.6 Å². The van der Waals surface area contributed by atoms with Crippen molar-refractivity contribution in [2.45, 2.75) is 68.2 Å². The summed E-state index contributed by atoms with van der Waals surface area (Å²) in [6.45, 7) is -0.778. The van der Waals surface area contributed by atoms with Gasteiger partial charge in [-0.2, -0.15) is 8.78 Å². The summed E-state index contributed by atoms with van der Waals surface area (Å²) in [5.74, 6) is -12.7. The standard InChI is InChI=1S/C23H30F4N2O12/c1-7(32)29-23(36)20(28-21(35)12-13(24)15(26)19(37-2)16(27)14(12)25)18(10(6-31)40-22(23)38-3)41-11-4-8(33)17(34)9(5-30)39-11/h8-11,17-18,20,22,30-31,33-34,36H,4-6H2,1-3H3,(H,28,35)(H,29,32)/t8-,9-,10-,11+,17+,18+,20+,22-,23-/m1/s1. The number of carbonyl (C=O) groups excluding carboxylic acids is 2. The van der Waals surface area contributed by atoms with Gasteiger partial charge in [0.1, 0.15) is 36.0 Å². The Labute approximate surface area is 229 Å². The number of benzene rings is 1. The Kier molecular flexibility index (Phi) is 10.5. The Morgan fingerprint density at radius 3 is 2.07 bits per heavy atom.